The molecule has 22 heavy (non-hydrogen) atoms. The number of hydrogen-bond donors (Lipinski definition) is 2. The maximum absolute atomic E-state index is 13.3. The largest absolute Gasteiger partial charge is 0.376 e. The van der Waals surface area contributed by atoms with Crippen LogP contribution in [0.1, 0.15) is 24.8 Å². The van der Waals surface area contributed by atoms with E-state index in [-0.39, 0.29) is 10.5 Å². The fourth-order valence-corrected chi connectivity index (χ4v) is 3.68. The number of primary amides is 1. The average molecular weight is 330 g/mol. The Labute approximate surface area is 128 Å². The molecule has 3 N–H and O–H groups in total. The molecule has 1 heterocycles. The second-order valence-electron chi connectivity index (χ2n) is 5.32. The van der Waals surface area contributed by atoms with Gasteiger partial charge in [0, 0.05) is 6.61 Å². The van der Waals surface area contributed by atoms with E-state index in [0.29, 0.717) is 13.0 Å². The van der Waals surface area contributed by atoms with E-state index in [1.165, 1.54) is 13.0 Å². The number of carbonyl (C=O) groups is 1. The fourth-order valence-electron chi connectivity index (χ4n) is 2.37. The highest BCUT2D eigenvalue weighted by Gasteiger charge is 2.33. The Morgan fingerprint density at radius 3 is 2.73 bits per heavy atom. The summed E-state index contributed by atoms with van der Waals surface area (Å²) in [5.74, 6) is -1.30. The second-order valence-corrected chi connectivity index (χ2v) is 7.03. The van der Waals surface area contributed by atoms with Crippen LogP contribution in [0.2, 0.25) is 0 Å². The Bertz CT molecular complexity index is 657. The molecule has 0 saturated carbocycles. The van der Waals surface area contributed by atoms with Gasteiger partial charge in [-0.1, -0.05) is 0 Å². The molecule has 122 valence electrons. The molecule has 1 saturated heterocycles. The van der Waals surface area contributed by atoms with Crippen molar-refractivity contribution >= 4 is 15.9 Å². The zero-order chi connectivity index (χ0) is 16.3. The Kier molecular flexibility index (Phi) is 5.15. The van der Waals surface area contributed by atoms with Crippen LogP contribution in [0.25, 0.3) is 0 Å². The Hall–Kier alpha value is -1.51. The summed E-state index contributed by atoms with van der Waals surface area (Å²) in [6, 6.07) is 2.28. The number of sulfonamides is 1. The van der Waals surface area contributed by atoms with E-state index in [4.69, 9.17) is 10.5 Å². The summed E-state index contributed by atoms with van der Waals surface area (Å²) in [6.07, 6.45) is 1.68. The molecule has 1 aliphatic rings. The lowest BCUT2D eigenvalue weighted by molar-refractivity contribution is -0.124. The molecule has 2 atom stereocenters. The van der Waals surface area contributed by atoms with E-state index in [1.807, 2.05) is 0 Å². The molecule has 2 unspecified atom stereocenters. The van der Waals surface area contributed by atoms with Gasteiger partial charge in [-0.25, -0.2) is 12.8 Å². The Morgan fingerprint density at radius 2 is 2.18 bits per heavy atom. The van der Waals surface area contributed by atoms with E-state index < -0.39 is 33.9 Å². The highest BCUT2D eigenvalue weighted by Crippen LogP contribution is 2.19. The number of nitrogens with one attached hydrogen (secondary N) is 1. The van der Waals surface area contributed by atoms with Crippen LogP contribution in [-0.2, 0) is 19.6 Å². The van der Waals surface area contributed by atoms with E-state index >= 15 is 0 Å². The van der Waals surface area contributed by atoms with Gasteiger partial charge in [0.25, 0.3) is 0 Å². The van der Waals surface area contributed by atoms with Crippen molar-refractivity contribution in [1.82, 2.24) is 4.72 Å². The number of carbonyl (C=O) groups excluding carboxylic acids is 1. The highest BCUT2D eigenvalue weighted by atomic mass is 32.2. The van der Waals surface area contributed by atoms with Crippen LogP contribution in [0, 0.1) is 12.7 Å². The van der Waals surface area contributed by atoms with Crippen LogP contribution < -0.4 is 10.5 Å². The maximum atomic E-state index is 13.3. The molecule has 1 aromatic rings. The van der Waals surface area contributed by atoms with Crippen LogP contribution in [0.15, 0.2) is 23.1 Å². The molecule has 1 amide bonds. The van der Waals surface area contributed by atoms with Crippen molar-refractivity contribution in [3.63, 3.8) is 0 Å². The normalized spacial score (nSPS) is 20.5. The summed E-state index contributed by atoms with van der Waals surface area (Å²) < 4.78 is 45.7. The summed E-state index contributed by atoms with van der Waals surface area (Å²) in [5.41, 5.74) is 5.50. The lowest BCUT2D eigenvalue weighted by Crippen LogP contribution is -2.53. The lowest BCUT2D eigenvalue weighted by Gasteiger charge is -2.28. The molecule has 0 aromatic heterocycles. The third-order valence-corrected chi connectivity index (χ3v) is 5.05. The number of aryl methyl sites for hydroxylation is 1. The average Bonchev–Trinajstić information content (AvgIpc) is 2.48. The van der Waals surface area contributed by atoms with Crippen molar-refractivity contribution in [3.05, 3.63) is 29.6 Å². The number of benzene rings is 1. The number of halogens is 1. The molecule has 1 aromatic carbocycles. The minimum absolute atomic E-state index is 0.117. The first-order valence-corrected chi connectivity index (χ1v) is 8.49. The number of amides is 1. The van der Waals surface area contributed by atoms with Gasteiger partial charge in [0.1, 0.15) is 11.9 Å². The minimum Gasteiger partial charge on any atom is -0.376 e. The number of ether oxygens (including phenoxy) is 1. The van der Waals surface area contributed by atoms with Crippen molar-refractivity contribution < 1.29 is 22.3 Å². The zero-order valence-electron chi connectivity index (χ0n) is 12.2. The van der Waals surface area contributed by atoms with E-state index in [9.17, 15) is 17.6 Å². The van der Waals surface area contributed by atoms with Gasteiger partial charge >= 0.3 is 0 Å². The van der Waals surface area contributed by atoms with Crippen LogP contribution in [0.5, 0.6) is 0 Å². The molecular weight excluding hydrogens is 311 g/mol. The molecule has 6 nitrogen and oxygen atoms in total. The monoisotopic (exact) mass is 330 g/mol. The van der Waals surface area contributed by atoms with Gasteiger partial charge in [-0.15, -0.1) is 0 Å². The lowest BCUT2D eigenvalue weighted by atomic mass is 10.0. The summed E-state index contributed by atoms with van der Waals surface area (Å²) in [7, 11) is -3.99. The third kappa shape index (κ3) is 3.82. The Morgan fingerprint density at radius 1 is 1.45 bits per heavy atom. The van der Waals surface area contributed by atoms with Crippen molar-refractivity contribution in [2.75, 3.05) is 6.61 Å². The van der Waals surface area contributed by atoms with Crippen LogP contribution >= 0.6 is 0 Å². The van der Waals surface area contributed by atoms with Gasteiger partial charge in [-0.3, -0.25) is 4.79 Å². The molecule has 0 spiro atoms. The molecule has 0 bridgehead atoms. The van der Waals surface area contributed by atoms with E-state index in [1.54, 1.807) is 0 Å². The van der Waals surface area contributed by atoms with Crippen LogP contribution in [-0.4, -0.2) is 33.1 Å². The molecule has 2 rings (SSSR count). The predicted molar refractivity (Wildman–Crippen MR) is 78.0 cm³/mol. The van der Waals surface area contributed by atoms with Gasteiger partial charge in [0.05, 0.1) is 11.0 Å². The third-order valence-electron chi connectivity index (χ3n) is 3.62. The van der Waals surface area contributed by atoms with Gasteiger partial charge in [-0.05, 0) is 49.9 Å². The molecular formula is C14H19FN2O4S. The van der Waals surface area contributed by atoms with Gasteiger partial charge in [-0.2, -0.15) is 4.72 Å². The van der Waals surface area contributed by atoms with Crippen LogP contribution in [0.3, 0.4) is 0 Å². The Balaban J connectivity index is 2.23. The first-order chi connectivity index (χ1) is 10.3. The molecule has 0 aliphatic carbocycles. The summed E-state index contributed by atoms with van der Waals surface area (Å²) in [6.45, 7) is 1.93. The SMILES string of the molecule is Cc1cc(S(=O)(=O)NC(C(N)=O)C2CCCCO2)ccc1F. The van der Waals surface area contributed by atoms with Crippen molar-refractivity contribution in [2.45, 2.75) is 43.2 Å². The fraction of sp³-hybridized carbons (Fsp3) is 0.500. The molecule has 1 fully saturated rings. The molecule has 8 heteroatoms. The topological polar surface area (TPSA) is 98.5 Å². The highest BCUT2D eigenvalue weighted by molar-refractivity contribution is 7.89. The number of hydrogen-bond acceptors (Lipinski definition) is 4. The molecule has 0 radical (unpaired) electrons. The standard InChI is InChI=1S/C14H19FN2O4S/c1-9-8-10(5-6-11(9)15)22(19,20)17-13(14(16)18)12-4-2-3-7-21-12/h5-6,8,12-13,17H,2-4,7H2,1H3,(H2,16,18). The van der Waals surface area contributed by atoms with Gasteiger partial charge in [0.15, 0.2) is 0 Å². The second kappa shape index (κ2) is 6.72. The van der Waals surface area contributed by atoms with Crippen molar-refractivity contribution in [1.29, 1.82) is 0 Å². The number of nitrogens with two attached hydrogens (primary N) is 1. The number of rotatable bonds is 5. The smallest absolute Gasteiger partial charge is 0.241 e. The van der Waals surface area contributed by atoms with Crippen molar-refractivity contribution in [3.8, 4) is 0 Å². The maximum Gasteiger partial charge on any atom is 0.241 e. The van der Waals surface area contributed by atoms with E-state index in [2.05, 4.69) is 4.72 Å². The van der Waals surface area contributed by atoms with E-state index in [0.717, 1.165) is 25.0 Å². The predicted octanol–water partition coefficient (Wildman–Crippen LogP) is 0.835. The first-order valence-electron chi connectivity index (χ1n) is 7.00. The minimum atomic E-state index is -3.99. The molecule has 1 aliphatic heterocycles. The summed E-state index contributed by atoms with van der Waals surface area (Å²) in [4.78, 5) is 11.5. The first kappa shape index (κ1) is 16.9. The zero-order valence-corrected chi connectivity index (χ0v) is 13.0. The summed E-state index contributed by atoms with van der Waals surface area (Å²) >= 11 is 0. The quantitative estimate of drug-likeness (QED) is 0.835. The van der Waals surface area contributed by atoms with Gasteiger partial charge < -0.3 is 10.5 Å². The van der Waals surface area contributed by atoms with Crippen molar-refractivity contribution in [2.24, 2.45) is 5.73 Å². The summed E-state index contributed by atoms with van der Waals surface area (Å²) in [5, 5.41) is 0. The van der Waals surface area contributed by atoms with Crippen LogP contribution in [0.4, 0.5) is 4.39 Å². The van der Waals surface area contributed by atoms with Gasteiger partial charge in [0.2, 0.25) is 15.9 Å².